The Kier molecular flexibility index (Phi) is 4.73. The van der Waals surface area contributed by atoms with E-state index in [1.165, 1.54) is 12.1 Å². The molecule has 20 heavy (non-hydrogen) atoms. The molecule has 1 aliphatic rings. The normalized spacial score (nSPS) is 23.9. The van der Waals surface area contributed by atoms with Gasteiger partial charge < -0.3 is 10.6 Å². The van der Waals surface area contributed by atoms with Crippen LogP contribution in [0, 0.1) is 5.82 Å². The first kappa shape index (κ1) is 14.9. The summed E-state index contributed by atoms with van der Waals surface area (Å²) in [4.78, 5) is 15.9. The second-order valence-corrected chi connectivity index (χ2v) is 5.50. The van der Waals surface area contributed by atoms with Gasteiger partial charge in [-0.2, -0.15) is 0 Å². The summed E-state index contributed by atoms with van der Waals surface area (Å²) >= 11 is 0. The number of hydrogen-bond acceptors (Lipinski definition) is 3. The summed E-state index contributed by atoms with van der Waals surface area (Å²) in [5.74, 6) is -0.209. The quantitative estimate of drug-likeness (QED) is 0.904. The van der Waals surface area contributed by atoms with E-state index in [4.69, 9.17) is 5.73 Å². The van der Waals surface area contributed by atoms with Crippen LogP contribution >= 0.6 is 0 Å². The van der Waals surface area contributed by atoms with E-state index < -0.39 is 0 Å². The molecule has 0 bridgehead atoms. The molecule has 1 amide bonds. The van der Waals surface area contributed by atoms with Crippen LogP contribution in [0.4, 0.5) is 4.39 Å². The van der Waals surface area contributed by atoms with E-state index in [0.29, 0.717) is 6.54 Å². The Morgan fingerprint density at radius 1 is 1.25 bits per heavy atom. The van der Waals surface area contributed by atoms with Crippen LogP contribution in [0.3, 0.4) is 0 Å². The lowest BCUT2D eigenvalue weighted by atomic mass is 10.1. The van der Waals surface area contributed by atoms with Crippen molar-refractivity contribution in [2.24, 2.45) is 5.73 Å². The average Bonchev–Trinajstić information content (AvgIpc) is 2.44. The Labute approximate surface area is 119 Å². The van der Waals surface area contributed by atoms with E-state index in [0.717, 1.165) is 18.7 Å². The summed E-state index contributed by atoms with van der Waals surface area (Å²) in [6.07, 6.45) is 0. The molecular weight excluding hydrogens is 257 g/mol. The summed E-state index contributed by atoms with van der Waals surface area (Å²) in [6, 6.07) is 7.01. The number of rotatable bonds is 3. The van der Waals surface area contributed by atoms with Crippen molar-refractivity contribution >= 4 is 5.91 Å². The van der Waals surface area contributed by atoms with Crippen molar-refractivity contribution in [3.05, 3.63) is 35.6 Å². The molecule has 1 fully saturated rings. The van der Waals surface area contributed by atoms with Gasteiger partial charge in [-0.3, -0.25) is 9.69 Å². The highest BCUT2D eigenvalue weighted by atomic mass is 19.1. The minimum Gasteiger partial charge on any atom is -0.336 e. The van der Waals surface area contributed by atoms with Crippen molar-refractivity contribution in [1.29, 1.82) is 0 Å². The Balaban J connectivity index is 2.01. The lowest BCUT2D eigenvalue weighted by Gasteiger charge is -2.44. The van der Waals surface area contributed by atoms with Crippen LogP contribution in [0.15, 0.2) is 24.3 Å². The monoisotopic (exact) mass is 279 g/mol. The van der Waals surface area contributed by atoms with Crippen LogP contribution in [0.5, 0.6) is 0 Å². The van der Waals surface area contributed by atoms with Gasteiger partial charge in [-0.05, 0) is 31.5 Å². The van der Waals surface area contributed by atoms with Crippen LogP contribution < -0.4 is 5.73 Å². The van der Waals surface area contributed by atoms with E-state index in [1.807, 2.05) is 24.0 Å². The molecule has 5 heteroatoms. The second-order valence-electron chi connectivity index (χ2n) is 5.50. The van der Waals surface area contributed by atoms with Crippen LogP contribution in [0.25, 0.3) is 0 Å². The van der Waals surface area contributed by atoms with Crippen LogP contribution in [0.2, 0.25) is 0 Å². The topological polar surface area (TPSA) is 49.6 Å². The van der Waals surface area contributed by atoms with Gasteiger partial charge in [-0.15, -0.1) is 0 Å². The summed E-state index contributed by atoms with van der Waals surface area (Å²) < 4.78 is 12.9. The number of nitrogens with two attached hydrogens (primary N) is 1. The lowest BCUT2D eigenvalue weighted by molar-refractivity contribution is -0.135. The van der Waals surface area contributed by atoms with Gasteiger partial charge in [-0.1, -0.05) is 12.1 Å². The molecule has 0 unspecified atom stereocenters. The van der Waals surface area contributed by atoms with Gasteiger partial charge in [-0.25, -0.2) is 4.39 Å². The van der Waals surface area contributed by atoms with Gasteiger partial charge in [0.1, 0.15) is 5.82 Å². The summed E-state index contributed by atoms with van der Waals surface area (Å²) in [5, 5.41) is 0. The fraction of sp³-hybridized carbons (Fsp3) is 0.533. The fourth-order valence-electron chi connectivity index (χ4n) is 2.71. The molecule has 2 atom stereocenters. The van der Waals surface area contributed by atoms with Gasteiger partial charge in [0.2, 0.25) is 5.91 Å². The molecule has 0 spiro atoms. The number of amides is 1. The van der Waals surface area contributed by atoms with E-state index in [9.17, 15) is 9.18 Å². The minimum atomic E-state index is -0.214. The summed E-state index contributed by atoms with van der Waals surface area (Å²) in [7, 11) is 0. The van der Waals surface area contributed by atoms with Gasteiger partial charge >= 0.3 is 0 Å². The third-order valence-electron chi connectivity index (χ3n) is 3.91. The average molecular weight is 279 g/mol. The van der Waals surface area contributed by atoms with Crippen molar-refractivity contribution in [1.82, 2.24) is 9.80 Å². The Bertz CT molecular complexity index is 463. The number of hydrogen-bond donors (Lipinski definition) is 1. The van der Waals surface area contributed by atoms with Crippen molar-refractivity contribution in [2.75, 3.05) is 19.6 Å². The molecule has 0 radical (unpaired) electrons. The molecule has 2 N–H and O–H groups in total. The van der Waals surface area contributed by atoms with Crippen LogP contribution in [-0.4, -0.2) is 47.4 Å². The molecule has 1 aromatic carbocycles. The van der Waals surface area contributed by atoms with E-state index >= 15 is 0 Å². The molecule has 4 nitrogen and oxygen atoms in total. The zero-order valence-electron chi connectivity index (χ0n) is 12.1. The maximum Gasteiger partial charge on any atom is 0.236 e. The van der Waals surface area contributed by atoms with E-state index in [-0.39, 0.29) is 30.4 Å². The summed E-state index contributed by atoms with van der Waals surface area (Å²) in [5.41, 5.74) is 6.53. The highest BCUT2D eigenvalue weighted by molar-refractivity contribution is 5.78. The predicted octanol–water partition coefficient (Wildman–Crippen LogP) is 1.21. The first-order chi connectivity index (χ1) is 9.51. The molecule has 0 aliphatic carbocycles. The fourth-order valence-corrected chi connectivity index (χ4v) is 2.71. The first-order valence-corrected chi connectivity index (χ1v) is 6.99. The van der Waals surface area contributed by atoms with Crippen molar-refractivity contribution < 1.29 is 9.18 Å². The molecule has 1 aliphatic heterocycles. The van der Waals surface area contributed by atoms with E-state index in [2.05, 4.69) is 11.8 Å². The SMILES string of the molecule is C[C@@H]1CN(Cc2ccc(F)cc2)[C@@H](C)CN1C(=O)CN. The standard InChI is InChI=1S/C15H22FN3O/c1-11-9-19(15(20)7-17)12(2)8-18(11)10-13-3-5-14(16)6-4-13/h3-6,11-12H,7-10,17H2,1-2H3/t11-,12+/m0/s1. The lowest BCUT2D eigenvalue weighted by Crippen LogP contribution is -2.58. The Morgan fingerprint density at radius 2 is 1.90 bits per heavy atom. The van der Waals surface area contributed by atoms with Crippen LogP contribution in [0.1, 0.15) is 19.4 Å². The number of piperazine rings is 1. The van der Waals surface area contributed by atoms with Gasteiger partial charge in [0.15, 0.2) is 0 Å². The molecule has 0 aromatic heterocycles. The van der Waals surface area contributed by atoms with E-state index in [1.54, 1.807) is 0 Å². The van der Waals surface area contributed by atoms with Crippen molar-refractivity contribution in [3.8, 4) is 0 Å². The van der Waals surface area contributed by atoms with Crippen molar-refractivity contribution in [3.63, 3.8) is 0 Å². The number of carbonyl (C=O) groups is 1. The number of halogens is 1. The molecule has 1 saturated heterocycles. The largest absolute Gasteiger partial charge is 0.336 e. The van der Waals surface area contributed by atoms with Gasteiger partial charge in [0, 0.05) is 31.7 Å². The maximum absolute atomic E-state index is 12.9. The molecule has 2 rings (SSSR count). The van der Waals surface area contributed by atoms with Gasteiger partial charge in [0.05, 0.1) is 6.54 Å². The first-order valence-electron chi connectivity index (χ1n) is 6.99. The van der Waals surface area contributed by atoms with Gasteiger partial charge in [0.25, 0.3) is 0 Å². The predicted molar refractivity (Wildman–Crippen MR) is 76.5 cm³/mol. The molecular formula is C15H22FN3O. The Morgan fingerprint density at radius 3 is 2.50 bits per heavy atom. The highest BCUT2D eigenvalue weighted by Gasteiger charge is 2.31. The molecule has 0 saturated carbocycles. The molecule has 110 valence electrons. The maximum atomic E-state index is 12.9. The highest BCUT2D eigenvalue weighted by Crippen LogP contribution is 2.18. The Hall–Kier alpha value is -1.46. The third-order valence-corrected chi connectivity index (χ3v) is 3.91. The summed E-state index contributed by atoms with van der Waals surface area (Å²) in [6.45, 7) is 6.48. The number of carbonyl (C=O) groups excluding carboxylic acids is 1. The van der Waals surface area contributed by atoms with Crippen LogP contribution in [-0.2, 0) is 11.3 Å². The van der Waals surface area contributed by atoms with Crippen molar-refractivity contribution in [2.45, 2.75) is 32.5 Å². The molecule has 1 heterocycles. The smallest absolute Gasteiger partial charge is 0.236 e. The molecule has 1 aromatic rings. The zero-order chi connectivity index (χ0) is 14.7. The third kappa shape index (κ3) is 3.35. The zero-order valence-corrected chi connectivity index (χ0v) is 12.1. The second kappa shape index (κ2) is 6.33. The minimum absolute atomic E-state index is 0.00535. The number of benzene rings is 1. The number of nitrogens with zero attached hydrogens (tertiary/aromatic N) is 2.